The number of anilines is 3. The van der Waals surface area contributed by atoms with Gasteiger partial charge in [-0.1, -0.05) is 140 Å². The van der Waals surface area contributed by atoms with Gasteiger partial charge in [0, 0.05) is 59.1 Å². The summed E-state index contributed by atoms with van der Waals surface area (Å²) < 4.78 is 5.07. The first-order valence-corrected chi connectivity index (χ1v) is 19.6. The van der Waals surface area contributed by atoms with Gasteiger partial charge in [0.05, 0.1) is 11.0 Å². The van der Waals surface area contributed by atoms with Gasteiger partial charge >= 0.3 is 0 Å². The quantitative estimate of drug-likeness (QED) is 0.166. The van der Waals surface area contributed by atoms with Gasteiger partial charge in [0.15, 0.2) is 0 Å². The van der Waals surface area contributed by atoms with Crippen LogP contribution in [0, 0.1) is 0 Å². The van der Waals surface area contributed by atoms with Crippen molar-refractivity contribution in [1.29, 1.82) is 0 Å². The van der Waals surface area contributed by atoms with Gasteiger partial charge in [-0.05, 0) is 94.4 Å². The van der Waals surface area contributed by atoms with Crippen molar-refractivity contribution in [3.05, 3.63) is 206 Å². The number of hydrogen-bond donors (Lipinski definition) is 0. The first kappa shape index (κ1) is 31.6. The van der Waals surface area contributed by atoms with Gasteiger partial charge in [-0.2, -0.15) is 0 Å². The third kappa shape index (κ3) is 5.32. The Bertz CT molecular complexity index is 3180. The normalized spacial score (nSPS) is 11.6. The van der Waals surface area contributed by atoms with Crippen LogP contribution in [-0.2, 0) is 0 Å². The van der Waals surface area contributed by atoms with Crippen molar-refractivity contribution >= 4 is 81.1 Å². The molecule has 258 valence electrons. The lowest BCUT2D eigenvalue weighted by molar-refractivity contribution is 1.18. The maximum absolute atomic E-state index is 2.39. The van der Waals surface area contributed by atoms with Crippen LogP contribution in [0.5, 0.6) is 0 Å². The van der Waals surface area contributed by atoms with Gasteiger partial charge in [-0.3, -0.25) is 0 Å². The molecule has 2 nitrogen and oxygen atoms in total. The monoisotopic (exact) mass is 718 g/mol. The molecular formula is C52H34N2S. The SMILES string of the molecule is c1ccc(-c2ccc(N(c3ccc(-c4ccc5ccc6c7ccccc7sc6c5c4)cc3)c3ccc4c5ccccc5n(-c5ccccc5)c4c3)cc2)cc1. The summed E-state index contributed by atoms with van der Waals surface area (Å²) in [4.78, 5) is 2.38. The molecule has 0 saturated heterocycles. The summed E-state index contributed by atoms with van der Waals surface area (Å²) in [6.07, 6.45) is 0. The number of nitrogens with zero attached hydrogens (tertiary/aromatic N) is 2. The van der Waals surface area contributed by atoms with E-state index in [2.05, 4.69) is 216 Å². The minimum Gasteiger partial charge on any atom is -0.310 e. The average molecular weight is 719 g/mol. The fourth-order valence-corrected chi connectivity index (χ4v) is 9.55. The summed E-state index contributed by atoms with van der Waals surface area (Å²) >= 11 is 1.89. The highest BCUT2D eigenvalue weighted by Crippen LogP contribution is 2.42. The van der Waals surface area contributed by atoms with E-state index in [1.807, 2.05) is 11.3 Å². The van der Waals surface area contributed by atoms with E-state index in [1.165, 1.54) is 75.0 Å². The highest BCUT2D eigenvalue weighted by atomic mass is 32.1. The van der Waals surface area contributed by atoms with E-state index in [0.29, 0.717) is 0 Å². The number of thiophene rings is 1. The van der Waals surface area contributed by atoms with Gasteiger partial charge in [-0.15, -0.1) is 11.3 Å². The summed E-state index contributed by atoms with van der Waals surface area (Å²) in [5.41, 5.74) is 11.7. The molecular weight excluding hydrogens is 685 g/mol. The molecule has 2 heterocycles. The van der Waals surface area contributed by atoms with Gasteiger partial charge in [0.2, 0.25) is 0 Å². The molecule has 0 aliphatic carbocycles. The third-order valence-electron chi connectivity index (χ3n) is 11.0. The van der Waals surface area contributed by atoms with Crippen LogP contribution in [0.4, 0.5) is 17.1 Å². The number of benzene rings is 9. The highest BCUT2D eigenvalue weighted by Gasteiger charge is 2.18. The second-order valence-corrected chi connectivity index (χ2v) is 15.2. The Balaban J connectivity index is 1.05. The van der Waals surface area contributed by atoms with Crippen LogP contribution in [0.1, 0.15) is 0 Å². The lowest BCUT2D eigenvalue weighted by Crippen LogP contribution is -2.10. The lowest BCUT2D eigenvalue weighted by Gasteiger charge is -2.26. The van der Waals surface area contributed by atoms with Crippen LogP contribution in [-0.4, -0.2) is 4.57 Å². The molecule has 0 radical (unpaired) electrons. The molecule has 0 aliphatic heterocycles. The minimum absolute atomic E-state index is 1.10. The predicted molar refractivity (Wildman–Crippen MR) is 237 cm³/mol. The maximum Gasteiger partial charge on any atom is 0.0561 e. The number of rotatable bonds is 6. The van der Waals surface area contributed by atoms with Gasteiger partial charge < -0.3 is 9.47 Å². The van der Waals surface area contributed by atoms with Crippen LogP contribution in [0.15, 0.2) is 206 Å². The Labute approximate surface area is 323 Å². The van der Waals surface area contributed by atoms with E-state index in [4.69, 9.17) is 0 Å². The predicted octanol–water partition coefficient (Wildman–Crippen LogP) is 15.1. The summed E-state index contributed by atoms with van der Waals surface area (Å²) in [5, 5.41) is 7.73. The summed E-state index contributed by atoms with van der Waals surface area (Å²) in [7, 11) is 0. The fraction of sp³-hybridized carbons (Fsp3) is 0. The molecule has 11 aromatic rings. The van der Waals surface area contributed by atoms with Gasteiger partial charge in [0.25, 0.3) is 0 Å². The van der Waals surface area contributed by atoms with Gasteiger partial charge in [-0.25, -0.2) is 0 Å². The molecule has 0 unspecified atom stereocenters. The largest absolute Gasteiger partial charge is 0.310 e. The van der Waals surface area contributed by atoms with E-state index in [9.17, 15) is 0 Å². The van der Waals surface area contributed by atoms with Crippen molar-refractivity contribution in [2.24, 2.45) is 0 Å². The van der Waals surface area contributed by atoms with E-state index in [-0.39, 0.29) is 0 Å². The molecule has 0 fully saturated rings. The molecule has 0 amide bonds. The lowest BCUT2D eigenvalue weighted by atomic mass is 9.99. The zero-order valence-corrected chi connectivity index (χ0v) is 30.7. The molecule has 3 heteroatoms. The Morgan fingerprint density at radius 1 is 0.345 bits per heavy atom. The van der Waals surface area contributed by atoms with Crippen LogP contribution >= 0.6 is 11.3 Å². The zero-order chi connectivity index (χ0) is 36.3. The second-order valence-electron chi connectivity index (χ2n) is 14.2. The molecule has 11 rings (SSSR count). The Morgan fingerprint density at radius 2 is 0.891 bits per heavy atom. The van der Waals surface area contributed by atoms with Crippen molar-refractivity contribution < 1.29 is 0 Å². The number of hydrogen-bond acceptors (Lipinski definition) is 2. The molecule has 2 aromatic heterocycles. The molecule has 0 N–H and O–H groups in total. The van der Waals surface area contributed by atoms with Crippen LogP contribution < -0.4 is 4.90 Å². The van der Waals surface area contributed by atoms with Crippen LogP contribution in [0.3, 0.4) is 0 Å². The van der Waals surface area contributed by atoms with Crippen molar-refractivity contribution in [1.82, 2.24) is 4.57 Å². The fourth-order valence-electron chi connectivity index (χ4n) is 8.32. The second kappa shape index (κ2) is 12.9. The maximum atomic E-state index is 2.39. The third-order valence-corrected chi connectivity index (χ3v) is 12.2. The zero-order valence-electron chi connectivity index (χ0n) is 29.9. The van der Waals surface area contributed by atoms with Crippen LogP contribution in [0.2, 0.25) is 0 Å². The van der Waals surface area contributed by atoms with E-state index < -0.39 is 0 Å². The van der Waals surface area contributed by atoms with E-state index >= 15 is 0 Å². The minimum atomic E-state index is 1.10. The smallest absolute Gasteiger partial charge is 0.0561 e. The Hall–Kier alpha value is -6.94. The van der Waals surface area contributed by atoms with Gasteiger partial charge in [0.1, 0.15) is 0 Å². The molecule has 9 aromatic carbocycles. The van der Waals surface area contributed by atoms with Crippen molar-refractivity contribution in [2.75, 3.05) is 4.90 Å². The van der Waals surface area contributed by atoms with Crippen molar-refractivity contribution in [2.45, 2.75) is 0 Å². The highest BCUT2D eigenvalue weighted by molar-refractivity contribution is 7.26. The van der Waals surface area contributed by atoms with Crippen molar-refractivity contribution in [3.63, 3.8) is 0 Å². The van der Waals surface area contributed by atoms with Crippen LogP contribution in [0.25, 0.3) is 80.7 Å². The summed E-state index contributed by atoms with van der Waals surface area (Å²) in [6, 6.07) is 75.1. The standard InChI is InChI=1S/C52H34N2S/c1-3-11-35(12-4-1)36-21-26-41(27-22-36)53(43-30-32-45-44-15-7-9-17-49(44)54(50(45)34-43)40-13-5-2-6-14-40)42-28-23-37(24-29-42)39-20-19-38-25-31-47-46-16-8-10-18-51(46)55-52(47)48(38)33-39/h1-34H. The molecule has 0 bridgehead atoms. The molecule has 0 saturated carbocycles. The van der Waals surface area contributed by atoms with Crippen molar-refractivity contribution in [3.8, 4) is 27.9 Å². The van der Waals surface area contributed by atoms with E-state index in [0.717, 1.165) is 22.7 Å². The topological polar surface area (TPSA) is 8.17 Å². The molecule has 55 heavy (non-hydrogen) atoms. The Kier molecular flexibility index (Phi) is 7.39. The first-order chi connectivity index (χ1) is 27.3. The average Bonchev–Trinajstić information content (AvgIpc) is 3.81. The molecule has 0 spiro atoms. The first-order valence-electron chi connectivity index (χ1n) is 18.8. The molecule has 0 aliphatic rings. The number of aromatic nitrogens is 1. The van der Waals surface area contributed by atoms with E-state index in [1.54, 1.807) is 0 Å². The number of fused-ring (bicyclic) bond motifs is 8. The summed E-state index contributed by atoms with van der Waals surface area (Å²) in [5.74, 6) is 0. The number of para-hydroxylation sites is 2. The summed E-state index contributed by atoms with van der Waals surface area (Å²) in [6.45, 7) is 0. The Morgan fingerprint density at radius 3 is 1.65 bits per heavy atom. The molecule has 0 atom stereocenters.